The largest absolute Gasteiger partial charge is 0.396 e. The monoisotopic (exact) mass is 288 g/mol. The Hall–Kier alpha value is -0.820. The molecule has 1 heteroatoms. The second kappa shape index (κ2) is 6.12. The lowest BCUT2D eigenvalue weighted by Crippen LogP contribution is -2.51. The molecule has 0 unspecified atom stereocenters. The molecule has 4 atom stereocenters. The van der Waals surface area contributed by atoms with Gasteiger partial charge >= 0.3 is 0 Å². The highest BCUT2D eigenvalue weighted by molar-refractivity contribution is 5.20. The molecular formula is C20H32O. The van der Waals surface area contributed by atoms with E-state index in [1.807, 2.05) is 6.08 Å². The fraction of sp³-hybridized carbons (Fsp3) is 0.700. The summed E-state index contributed by atoms with van der Waals surface area (Å²) in [6, 6.07) is 0. The molecule has 21 heavy (non-hydrogen) atoms. The zero-order chi connectivity index (χ0) is 15.7. The first-order valence-electron chi connectivity index (χ1n) is 8.45. The fourth-order valence-corrected chi connectivity index (χ4v) is 5.10. The number of rotatable bonds is 4. The van der Waals surface area contributed by atoms with Crippen molar-refractivity contribution < 1.29 is 5.11 Å². The minimum atomic E-state index is 0.100. The number of hydrogen-bond donors (Lipinski definition) is 1. The molecule has 0 aromatic carbocycles. The molecule has 1 nitrogen and oxygen atoms in total. The van der Waals surface area contributed by atoms with Crippen molar-refractivity contribution in [1.29, 1.82) is 0 Å². The Kier molecular flexibility index (Phi) is 4.82. The molecule has 1 N–H and O–H groups in total. The van der Waals surface area contributed by atoms with Crippen molar-refractivity contribution in [2.24, 2.45) is 22.7 Å². The highest BCUT2D eigenvalue weighted by Gasteiger charge is 2.53. The van der Waals surface area contributed by atoms with Crippen LogP contribution in [0, 0.1) is 22.7 Å². The number of allylic oxidation sites excluding steroid dienone is 4. The van der Waals surface area contributed by atoms with Crippen LogP contribution in [0.4, 0.5) is 0 Å². The lowest BCUT2D eigenvalue weighted by molar-refractivity contribution is -0.0837. The summed E-state index contributed by atoms with van der Waals surface area (Å²) in [6.45, 7) is 15.4. The van der Waals surface area contributed by atoms with E-state index in [9.17, 15) is 5.11 Å². The second-order valence-corrected chi connectivity index (χ2v) is 7.86. The van der Waals surface area contributed by atoms with Crippen molar-refractivity contribution >= 4 is 0 Å². The summed E-state index contributed by atoms with van der Waals surface area (Å²) in [5.74, 6) is 1.18. The van der Waals surface area contributed by atoms with E-state index >= 15 is 0 Å². The molecular weight excluding hydrogens is 256 g/mol. The number of aliphatic hydroxyl groups is 1. The molecule has 0 aromatic rings. The maximum Gasteiger partial charge on any atom is 0.0487 e. The van der Waals surface area contributed by atoms with Gasteiger partial charge in [-0.05, 0) is 61.7 Å². The van der Waals surface area contributed by atoms with Gasteiger partial charge in [-0.1, -0.05) is 56.7 Å². The Balaban J connectivity index is 2.31. The molecule has 0 aromatic heterocycles. The highest BCUT2D eigenvalue weighted by Crippen LogP contribution is 2.61. The van der Waals surface area contributed by atoms with Crippen molar-refractivity contribution in [3.05, 3.63) is 36.5 Å². The molecule has 0 aliphatic heterocycles. The van der Waals surface area contributed by atoms with Gasteiger partial charge in [-0.15, -0.1) is 0 Å². The minimum absolute atomic E-state index is 0.100. The molecule has 2 rings (SSSR count). The Labute approximate surface area is 130 Å². The van der Waals surface area contributed by atoms with Crippen LogP contribution in [0.5, 0.6) is 0 Å². The molecule has 0 spiro atoms. The van der Waals surface area contributed by atoms with E-state index in [0.29, 0.717) is 23.9 Å². The minimum Gasteiger partial charge on any atom is -0.396 e. The van der Waals surface area contributed by atoms with E-state index in [4.69, 9.17) is 0 Å². The summed E-state index contributed by atoms with van der Waals surface area (Å²) in [7, 11) is 0. The smallest absolute Gasteiger partial charge is 0.0487 e. The molecule has 0 bridgehead atoms. The average Bonchev–Trinajstić information content (AvgIpc) is 2.45. The van der Waals surface area contributed by atoms with Gasteiger partial charge in [0.15, 0.2) is 0 Å². The standard InChI is InChI=1S/C20H32O/c1-6-15(2)8-10-17-16(3)9-11-18-19(4,14-21)12-7-13-20(17,18)5/h6,8,17-18,21H,1,3,7,9-14H2,2,4-5H3/b15-8-/t17-,18-,19-,20+/m0/s1. The highest BCUT2D eigenvalue weighted by atomic mass is 16.3. The van der Waals surface area contributed by atoms with Crippen LogP contribution in [-0.2, 0) is 0 Å². The summed E-state index contributed by atoms with van der Waals surface area (Å²) in [6.07, 6.45) is 11.3. The maximum absolute atomic E-state index is 9.96. The molecule has 2 aliphatic carbocycles. The third kappa shape index (κ3) is 2.90. The van der Waals surface area contributed by atoms with Gasteiger partial charge in [-0.2, -0.15) is 0 Å². The lowest BCUT2D eigenvalue weighted by Gasteiger charge is -2.58. The molecule has 0 amide bonds. The predicted molar refractivity (Wildman–Crippen MR) is 91.1 cm³/mol. The van der Waals surface area contributed by atoms with Crippen LogP contribution in [0.3, 0.4) is 0 Å². The van der Waals surface area contributed by atoms with E-state index in [1.54, 1.807) is 0 Å². The Morgan fingerprint density at radius 3 is 2.71 bits per heavy atom. The van der Waals surface area contributed by atoms with Crippen molar-refractivity contribution in [2.75, 3.05) is 6.61 Å². The Morgan fingerprint density at radius 2 is 2.10 bits per heavy atom. The first-order chi connectivity index (χ1) is 9.87. The average molecular weight is 288 g/mol. The summed E-state index contributed by atoms with van der Waals surface area (Å²) >= 11 is 0. The van der Waals surface area contributed by atoms with Gasteiger partial charge < -0.3 is 5.11 Å². The molecule has 118 valence electrons. The van der Waals surface area contributed by atoms with Gasteiger partial charge in [0.05, 0.1) is 0 Å². The Morgan fingerprint density at radius 1 is 1.38 bits per heavy atom. The SMILES string of the molecule is C=C/C(C)=C\C[C@H]1C(=C)CC[C@H]2[C@](C)(CO)CCC[C@]12C. The van der Waals surface area contributed by atoms with Gasteiger partial charge in [-0.3, -0.25) is 0 Å². The summed E-state index contributed by atoms with van der Waals surface area (Å²) in [4.78, 5) is 0. The third-order valence-corrected chi connectivity index (χ3v) is 6.50. The normalized spacial score (nSPS) is 40.8. The van der Waals surface area contributed by atoms with Crippen LogP contribution >= 0.6 is 0 Å². The van der Waals surface area contributed by atoms with Crippen LogP contribution in [0.25, 0.3) is 0 Å². The summed E-state index contributed by atoms with van der Waals surface area (Å²) in [5, 5.41) is 9.96. The summed E-state index contributed by atoms with van der Waals surface area (Å²) in [5.41, 5.74) is 3.07. The molecule has 0 radical (unpaired) electrons. The van der Waals surface area contributed by atoms with E-state index in [2.05, 4.69) is 40.0 Å². The molecule has 2 fully saturated rings. The first kappa shape index (κ1) is 16.5. The quantitative estimate of drug-likeness (QED) is 0.551. The predicted octanol–water partition coefficient (Wildman–Crippen LogP) is 5.28. The van der Waals surface area contributed by atoms with E-state index in [-0.39, 0.29) is 5.41 Å². The zero-order valence-electron chi connectivity index (χ0n) is 14.1. The molecule has 0 heterocycles. The van der Waals surface area contributed by atoms with Crippen LogP contribution in [0.1, 0.15) is 59.3 Å². The van der Waals surface area contributed by atoms with Crippen molar-refractivity contribution in [1.82, 2.24) is 0 Å². The van der Waals surface area contributed by atoms with Gasteiger partial charge in [0.2, 0.25) is 0 Å². The second-order valence-electron chi connectivity index (χ2n) is 7.86. The van der Waals surface area contributed by atoms with Crippen LogP contribution in [-0.4, -0.2) is 11.7 Å². The summed E-state index contributed by atoms with van der Waals surface area (Å²) < 4.78 is 0. The fourth-order valence-electron chi connectivity index (χ4n) is 5.10. The number of hydrogen-bond acceptors (Lipinski definition) is 1. The molecule has 2 saturated carbocycles. The van der Waals surface area contributed by atoms with Crippen molar-refractivity contribution in [2.45, 2.75) is 59.3 Å². The number of aliphatic hydroxyl groups excluding tert-OH is 1. The van der Waals surface area contributed by atoms with E-state index in [1.165, 1.54) is 36.8 Å². The van der Waals surface area contributed by atoms with Crippen LogP contribution < -0.4 is 0 Å². The maximum atomic E-state index is 9.96. The Bertz CT molecular complexity index is 447. The van der Waals surface area contributed by atoms with E-state index < -0.39 is 0 Å². The van der Waals surface area contributed by atoms with Gasteiger partial charge in [0.25, 0.3) is 0 Å². The number of fused-ring (bicyclic) bond motifs is 1. The topological polar surface area (TPSA) is 20.2 Å². The van der Waals surface area contributed by atoms with Crippen LogP contribution in [0.15, 0.2) is 36.5 Å². The van der Waals surface area contributed by atoms with Gasteiger partial charge in [0, 0.05) is 6.61 Å². The van der Waals surface area contributed by atoms with Crippen LogP contribution in [0.2, 0.25) is 0 Å². The third-order valence-electron chi connectivity index (χ3n) is 6.50. The van der Waals surface area contributed by atoms with E-state index in [0.717, 1.165) is 12.8 Å². The van der Waals surface area contributed by atoms with Crippen molar-refractivity contribution in [3.63, 3.8) is 0 Å². The first-order valence-corrected chi connectivity index (χ1v) is 8.45. The zero-order valence-corrected chi connectivity index (χ0v) is 14.1. The molecule has 2 aliphatic rings. The van der Waals surface area contributed by atoms with Gasteiger partial charge in [-0.25, -0.2) is 0 Å². The lowest BCUT2D eigenvalue weighted by atomic mass is 9.47. The van der Waals surface area contributed by atoms with Crippen molar-refractivity contribution in [3.8, 4) is 0 Å². The van der Waals surface area contributed by atoms with Gasteiger partial charge in [0.1, 0.15) is 0 Å². The molecule has 0 saturated heterocycles.